The van der Waals surface area contributed by atoms with E-state index in [4.69, 9.17) is 14.3 Å². The molecule has 0 radical (unpaired) electrons. The molecule has 1 N–H and O–H groups in total. The van der Waals surface area contributed by atoms with Crippen molar-refractivity contribution in [2.24, 2.45) is 5.16 Å². The zero-order valence-corrected chi connectivity index (χ0v) is 15.1. The largest absolute Gasteiger partial charge is 0.497 e. The van der Waals surface area contributed by atoms with Gasteiger partial charge < -0.3 is 19.6 Å². The average molecular weight is 356 g/mol. The Morgan fingerprint density at radius 2 is 1.77 bits per heavy atom. The van der Waals surface area contributed by atoms with Crippen LogP contribution in [0.4, 0.5) is 0 Å². The predicted molar refractivity (Wildman–Crippen MR) is 101 cm³/mol. The minimum Gasteiger partial charge on any atom is -0.497 e. The molecule has 6 heteroatoms. The topological polar surface area (TPSA) is 69.2 Å². The zero-order chi connectivity index (χ0) is 18.6. The maximum Gasteiger partial charge on any atom is 0.260 e. The first-order chi connectivity index (χ1) is 12.7. The summed E-state index contributed by atoms with van der Waals surface area (Å²) in [4.78, 5) is 16.7. The second-order valence-electron chi connectivity index (χ2n) is 5.46. The molecule has 0 aliphatic rings. The SMILES string of the molecule is CCOc1ccc(/C=N/OCC(=O)NCCc2ccc(OC)cc2)cc1. The number of ether oxygens (including phenoxy) is 2. The van der Waals surface area contributed by atoms with Crippen molar-refractivity contribution in [2.75, 3.05) is 26.9 Å². The number of oxime groups is 1. The summed E-state index contributed by atoms with van der Waals surface area (Å²) in [5.74, 6) is 1.42. The van der Waals surface area contributed by atoms with Gasteiger partial charge in [0, 0.05) is 6.54 Å². The number of nitrogens with zero attached hydrogens (tertiary/aromatic N) is 1. The smallest absolute Gasteiger partial charge is 0.260 e. The maximum atomic E-state index is 11.7. The van der Waals surface area contributed by atoms with Crippen molar-refractivity contribution in [3.8, 4) is 11.5 Å². The molecule has 2 aromatic rings. The van der Waals surface area contributed by atoms with Gasteiger partial charge in [-0.3, -0.25) is 4.79 Å². The van der Waals surface area contributed by atoms with E-state index in [0.29, 0.717) is 13.2 Å². The first-order valence-electron chi connectivity index (χ1n) is 8.49. The van der Waals surface area contributed by atoms with Gasteiger partial charge in [-0.2, -0.15) is 0 Å². The molecule has 0 saturated carbocycles. The highest BCUT2D eigenvalue weighted by atomic mass is 16.6. The third-order valence-electron chi connectivity index (χ3n) is 3.56. The lowest BCUT2D eigenvalue weighted by Crippen LogP contribution is -2.28. The van der Waals surface area contributed by atoms with Gasteiger partial charge in [-0.25, -0.2) is 0 Å². The number of carbonyl (C=O) groups is 1. The van der Waals surface area contributed by atoms with Crippen molar-refractivity contribution in [3.05, 3.63) is 59.7 Å². The molecule has 0 spiro atoms. The molecule has 6 nitrogen and oxygen atoms in total. The van der Waals surface area contributed by atoms with E-state index in [1.807, 2.05) is 55.5 Å². The van der Waals surface area contributed by atoms with Gasteiger partial charge in [0.05, 0.1) is 19.9 Å². The maximum absolute atomic E-state index is 11.7. The predicted octanol–water partition coefficient (Wildman–Crippen LogP) is 2.80. The van der Waals surface area contributed by atoms with Crippen LogP contribution in [-0.2, 0) is 16.1 Å². The number of amides is 1. The first kappa shape index (κ1) is 19.3. The number of hydrogen-bond acceptors (Lipinski definition) is 5. The Kier molecular flexibility index (Phi) is 7.99. The lowest BCUT2D eigenvalue weighted by Gasteiger charge is -2.05. The Morgan fingerprint density at radius 3 is 2.42 bits per heavy atom. The Morgan fingerprint density at radius 1 is 1.08 bits per heavy atom. The molecule has 0 bridgehead atoms. The molecule has 0 aromatic heterocycles. The number of nitrogens with one attached hydrogen (secondary N) is 1. The molecule has 0 saturated heterocycles. The summed E-state index contributed by atoms with van der Waals surface area (Å²) in [6.07, 6.45) is 2.30. The van der Waals surface area contributed by atoms with Gasteiger partial charge in [0.2, 0.25) is 0 Å². The van der Waals surface area contributed by atoms with E-state index < -0.39 is 0 Å². The summed E-state index contributed by atoms with van der Waals surface area (Å²) in [5, 5.41) is 6.60. The molecule has 1 amide bonds. The lowest BCUT2D eigenvalue weighted by molar-refractivity contribution is -0.125. The van der Waals surface area contributed by atoms with Gasteiger partial charge in [-0.1, -0.05) is 17.3 Å². The van der Waals surface area contributed by atoms with Crippen molar-refractivity contribution in [1.29, 1.82) is 0 Å². The molecule has 0 fully saturated rings. The standard InChI is InChI=1S/C20H24N2O4/c1-3-25-19-10-6-17(7-11-19)14-22-26-15-20(23)21-13-12-16-4-8-18(24-2)9-5-16/h4-11,14H,3,12-13,15H2,1-2H3,(H,21,23)/b22-14+. The van der Waals surface area contributed by atoms with Crippen LogP contribution in [0.15, 0.2) is 53.7 Å². The van der Waals surface area contributed by atoms with Gasteiger partial charge >= 0.3 is 0 Å². The quantitative estimate of drug-likeness (QED) is 0.525. The third-order valence-corrected chi connectivity index (χ3v) is 3.56. The number of carbonyl (C=O) groups excluding carboxylic acids is 1. The van der Waals surface area contributed by atoms with Crippen LogP contribution < -0.4 is 14.8 Å². The van der Waals surface area contributed by atoms with E-state index in [1.54, 1.807) is 13.3 Å². The fourth-order valence-corrected chi connectivity index (χ4v) is 2.20. The van der Waals surface area contributed by atoms with E-state index in [0.717, 1.165) is 29.0 Å². The molecule has 138 valence electrons. The van der Waals surface area contributed by atoms with Gasteiger partial charge in [0.15, 0.2) is 6.61 Å². The fraction of sp³-hybridized carbons (Fsp3) is 0.300. The number of benzene rings is 2. The summed E-state index contributed by atoms with van der Waals surface area (Å²) < 4.78 is 10.5. The van der Waals surface area contributed by atoms with Crippen LogP contribution in [0, 0.1) is 0 Å². The van der Waals surface area contributed by atoms with Crippen molar-refractivity contribution in [2.45, 2.75) is 13.3 Å². The van der Waals surface area contributed by atoms with Crippen LogP contribution >= 0.6 is 0 Å². The Labute approximate surface area is 153 Å². The third kappa shape index (κ3) is 6.84. The van der Waals surface area contributed by atoms with E-state index in [-0.39, 0.29) is 12.5 Å². The second-order valence-corrected chi connectivity index (χ2v) is 5.46. The summed E-state index contributed by atoms with van der Waals surface area (Å²) >= 11 is 0. The molecular formula is C20H24N2O4. The Balaban J connectivity index is 1.63. The summed E-state index contributed by atoms with van der Waals surface area (Å²) in [6, 6.07) is 15.2. The molecule has 2 rings (SSSR count). The second kappa shape index (κ2) is 10.8. The Bertz CT molecular complexity index is 697. The highest BCUT2D eigenvalue weighted by Gasteiger charge is 2.01. The molecule has 26 heavy (non-hydrogen) atoms. The first-order valence-corrected chi connectivity index (χ1v) is 8.49. The van der Waals surface area contributed by atoms with Crippen molar-refractivity contribution < 1.29 is 19.1 Å². The monoisotopic (exact) mass is 356 g/mol. The van der Waals surface area contributed by atoms with E-state index in [2.05, 4.69) is 10.5 Å². The van der Waals surface area contributed by atoms with Gasteiger partial charge in [0.25, 0.3) is 5.91 Å². The summed E-state index contributed by atoms with van der Waals surface area (Å²) in [6.45, 7) is 2.99. The molecule has 0 aliphatic heterocycles. The van der Waals surface area contributed by atoms with Crippen molar-refractivity contribution in [3.63, 3.8) is 0 Å². The summed E-state index contributed by atoms with van der Waals surface area (Å²) in [5.41, 5.74) is 1.99. The number of methoxy groups -OCH3 is 1. The fourth-order valence-electron chi connectivity index (χ4n) is 2.20. The Hall–Kier alpha value is -3.02. The van der Waals surface area contributed by atoms with Gasteiger partial charge in [-0.15, -0.1) is 0 Å². The molecule has 0 unspecified atom stereocenters. The molecule has 0 aliphatic carbocycles. The molecule has 0 atom stereocenters. The highest BCUT2D eigenvalue weighted by molar-refractivity contribution is 5.80. The van der Waals surface area contributed by atoms with E-state index >= 15 is 0 Å². The van der Waals surface area contributed by atoms with E-state index in [9.17, 15) is 4.79 Å². The van der Waals surface area contributed by atoms with Crippen molar-refractivity contribution >= 4 is 12.1 Å². The van der Waals surface area contributed by atoms with Crippen LogP contribution in [0.5, 0.6) is 11.5 Å². The number of hydrogen-bond donors (Lipinski definition) is 1. The van der Waals surface area contributed by atoms with Gasteiger partial charge in [-0.05, 0) is 60.9 Å². The molecule has 2 aromatic carbocycles. The molecule has 0 heterocycles. The van der Waals surface area contributed by atoms with E-state index in [1.165, 1.54) is 0 Å². The molecular weight excluding hydrogens is 332 g/mol. The minimum atomic E-state index is -0.206. The summed E-state index contributed by atoms with van der Waals surface area (Å²) in [7, 11) is 1.63. The number of rotatable bonds is 10. The van der Waals surface area contributed by atoms with Crippen LogP contribution in [0.1, 0.15) is 18.1 Å². The van der Waals surface area contributed by atoms with Crippen molar-refractivity contribution in [1.82, 2.24) is 5.32 Å². The van der Waals surface area contributed by atoms with Crippen LogP contribution in [0.2, 0.25) is 0 Å². The normalized spacial score (nSPS) is 10.5. The van der Waals surface area contributed by atoms with Gasteiger partial charge in [0.1, 0.15) is 11.5 Å². The van der Waals surface area contributed by atoms with Crippen LogP contribution in [0.25, 0.3) is 0 Å². The lowest BCUT2D eigenvalue weighted by atomic mass is 10.1. The minimum absolute atomic E-state index is 0.115. The van der Waals surface area contributed by atoms with Crippen LogP contribution in [-0.4, -0.2) is 39.0 Å². The average Bonchev–Trinajstić information content (AvgIpc) is 2.67. The van der Waals surface area contributed by atoms with Crippen LogP contribution in [0.3, 0.4) is 0 Å². The highest BCUT2D eigenvalue weighted by Crippen LogP contribution is 2.11. The zero-order valence-electron chi connectivity index (χ0n) is 15.1.